The van der Waals surface area contributed by atoms with Crippen molar-refractivity contribution in [2.75, 3.05) is 5.73 Å². The molecule has 6 nitrogen and oxygen atoms in total. The molecule has 19 heavy (non-hydrogen) atoms. The van der Waals surface area contributed by atoms with Crippen molar-refractivity contribution in [2.45, 2.75) is 30.8 Å². The smallest absolute Gasteiger partial charge is 0.351 e. The van der Waals surface area contributed by atoms with Crippen LogP contribution in [0.2, 0.25) is 0 Å². The summed E-state index contributed by atoms with van der Waals surface area (Å²) in [6.07, 6.45) is 0.572. The first-order chi connectivity index (χ1) is 8.87. The van der Waals surface area contributed by atoms with Crippen molar-refractivity contribution in [3.8, 4) is 12.3 Å². The normalized spacial score (nSPS) is 29.1. The van der Waals surface area contributed by atoms with Crippen LogP contribution in [0.3, 0.4) is 0 Å². The number of aromatic nitrogens is 2. The van der Waals surface area contributed by atoms with E-state index in [1.165, 1.54) is 6.07 Å². The summed E-state index contributed by atoms with van der Waals surface area (Å²) in [5.41, 5.74) is 4.28. The zero-order valence-corrected chi connectivity index (χ0v) is 9.66. The van der Waals surface area contributed by atoms with Crippen LogP contribution in [0.1, 0.15) is 12.6 Å². The summed E-state index contributed by atoms with van der Waals surface area (Å²) in [4.78, 5) is 14.9. The lowest BCUT2D eigenvalue weighted by atomic mass is 10.1. The maximum absolute atomic E-state index is 13.9. The average Bonchev–Trinajstić information content (AvgIpc) is 2.54. The van der Waals surface area contributed by atoms with Crippen LogP contribution in [0.25, 0.3) is 0 Å². The lowest BCUT2D eigenvalue weighted by molar-refractivity contribution is -0.140. The first-order valence-corrected chi connectivity index (χ1v) is 5.37. The lowest BCUT2D eigenvalue weighted by Crippen LogP contribution is -2.41. The van der Waals surface area contributed by atoms with Crippen LogP contribution < -0.4 is 11.4 Å². The molecule has 3 atom stereocenters. The summed E-state index contributed by atoms with van der Waals surface area (Å²) < 4.78 is 33.3. The van der Waals surface area contributed by atoms with E-state index in [4.69, 9.17) is 16.9 Å². The maximum Gasteiger partial charge on any atom is 0.351 e. The highest BCUT2D eigenvalue weighted by atomic mass is 19.3. The fourth-order valence-corrected chi connectivity index (χ4v) is 1.86. The molecule has 102 valence electrons. The van der Waals surface area contributed by atoms with Crippen LogP contribution in [-0.4, -0.2) is 32.8 Å². The minimum Gasteiger partial charge on any atom is -0.384 e. The Morgan fingerprint density at radius 2 is 2.37 bits per heavy atom. The molecule has 0 saturated carbocycles. The van der Waals surface area contributed by atoms with Gasteiger partial charge in [-0.15, -0.1) is 12.3 Å². The fourth-order valence-electron chi connectivity index (χ4n) is 1.86. The van der Waals surface area contributed by atoms with E-state index in [0.29, 0.717) is 4.57 Å². The molecular weight excluding hydrogens is 260 g/mol. The van der Waals surface area contributed by atoms with Crippen molar-refractivity contribution in [3.05, 3.63) is 22.7 Å². The van der Waals surface area contributed by atoms with Crippen molar-refractivity contribution in [3.63, 3.8) is 0 Å². The highest BCUT2D eigenvalue weighted by Gasteiger charge is 2.59. The maximum atomic E-state index is 13.9. The Balaban J connectivity index is 2.40. The lowest BCUT2D eigenvalue weighted by Gasteiger charge is -2.20. The number of rotatable bonds is 2. The molecular formula is C11H11F2N3O3. The molecule has 1 aromatic heterocycles. The van der Waals surface area contributed by atoms with Crippen LogP contribution in [0.4, 0.5) is 14.6 Å². The highest BCUT2D eigenvalue weighted by Crippen LogP contribution is 2.42. The van der Waals surface area contributed by atoms with Crippen LogP contribution in [0.5, 0.6) is 0 Å². The Morgan fingerprint density at radius 1 is 1.68 bits per heavy atom. The van der Waals surface area contributed by atoms with Gasteiger partial charge in [0.15, 0.2) is 0 Å². The molecule has 0 radical (unpaired) electrons. The first-order valence-electron chi connectivity index (χ1n) is 5.37. The average molecular weight is 271 g/mol. The van der Waals surface area contributed by atoms with E-state index in [1.54, 1.807) is 0 Å². The standard InChI is InChI=1S/C11H11F2N3O3/c1-2-3-6-8(17)11(12,13)9(19-6)16-5-4-7(14)15-10(16)18/h1,4-6,8-9,17H,3H2,(H2,14,15,18)/t6-,8-,9-/m1/s1. The second-order valence-corrected chi connectivity index (χ2v) is 4.10. The number of nitrogens with zero attached hydrogens (tertiary/aromatic N) is 2. The first kappa shape index (κ1) is 13.5. The van der Waals surface area contributed by atoms with Crippen LogP contribution >= 0.6 is 0 Å². The van der Waals surface area contributed by atoms with Gasteiger partial charge in [0, 0.05) is 12.6 Å². The molecule has 2 rings (SSSR count). The van der Waals surface area contributed by atoms with Gasteiger partial charge in [-0.1, -0.05) is 0 Å². The van der Waals surface area contributed by atoms with E-state index < -0.39 is 30.0 Å². The van der Waals surface area contributed by atoms with Gasteiger partial charge in [-0.25, -0.2) is 4.79 Å². The van der Waals surface area contributed by atoms with Crippen molar-refractivity contribution >= 4 is 5.82 Å². The second-order valence-electron chi connectivity index (χ2n) is 4.10. The largest absolute Gasteiger partial charge is 0.384 e. The number of nitrogen functional groups attached to an aromatic ring is 1. The van der Waals surface area contributed by atoms with Crippen molar-refractivity contribution in [2.24, 2.45) is 0 Å². The molecule has 0 unspecified atom stereocenters. The summed E-state index contributed by atoms with van der Waals surface area (Å²) in [5, 5.41) is 9.49. The minimum atomic E-state index is -3.65. The molecule has 1 aliphatic heterocycles. The van der Waals surface area contributed by atoms with E-state index in [1.807, 2.05) is 0 Å². The number of aliphatic hydroxyl groups excluding tert-OH is 1. The SMILES string of the molecule is C#CC[C@H]1O[C@@H](n2ccc(N)nc2=O)C(F)(F)[C@@H]1O. The van der Waals surface area contributed by atoms with Crippen LogP contribution in [-0.2, 0) is 4.74 Å². The number of alkyl halides is 2. The van der Waals surface area contributed by atoms with E-state index in [-0.39, 0.29) is 12.2 Å². The summed E-state index contributed by atoms with van der Waals surface area (Å²) in [6, 6.07) is 1.18. The van der Waals surface area contributed by atoms with Gasteiger partial charge in [0.05, 0.1) is 0 Å². The van der Waals surface area contributed by atoms with Gasteiger partial charge in [0.2, 0.25) is 6.23 Å². The van der Waals surface area contributed by atoms with E-state index in [2.05, 4.69) is 10.9 Å². The van der Waals surface area contributed by atoms with Crippen molar-refractivity contribution in [1.29, 1.82) is 0 Å². The number of terminal acetylenes is 1. The molecule has 1 aliphatic rings. The number of halogens is 2. The van der Waals surface area contributed by atoms with Gasteiger partial charge in [-0.2, -0.15) is 13.8 Å². The number of ether oxygens (including phenoxy) is 1. The monoisotopic (exact) mass is 271 g/mol. The molecule has 1 aromatic rings. The third kappa shape index (κ3) is 2.18. The zero-order valence-electron chi connectivity index (χ0n) is 9.66. The third-order valence-corrected chi connectivity index (χ3v) is 2.80. The summed E-state index contributed by atoms with van der Waals surface area (Å²) in [6.45, 7) is 0. The van der Waals surface area contributed by atoms with Crippen LogP contribution in [0.15, 0.2) is 17.1 Å². The van der Waals surface area contributed by atoms with E-state index in [9.17, 15) is 18.7 Å². The van der Waals surface area contributed by atoms with Gasteiger partial charge in [-0.05, 0) is 6.07 Å². The summed E-state index contributed by atoms with van der Waals surface area (Å²) in [5.74, 6) is -1.61. The van der Waals surface area contributed by atoms with Gasteiger partial charge in [0.1, 0.15) is 18.0 Å². The van der Waals surface area contributed by atoms with Gasteiger partial charge < -0.3 is 15.6 Å². The predicted molar refractivity (Wildman–Crippen MR) is 61.2 cm³/mol. The Labute approximate surface area is 106 Å². The molecule has 0 aliphatic carbocycles. The van der Waals surface area contributed by atoms with Crippen molar-refractivity contribution in [1.82, 2.24) is 9.55 Å². The molecule has 2 heterocycles. The molecule has 0 amide bonds. The highest BCUT2D eigenvalue weighted by molar-refractivity contribution is 5.23. The third-order valence-electron chi connectivity index (χ3n) is 2.80. The number of nitrogens with two attached hydrogens (primary N) is 1. The fraction of sp³-hybridized carbons (Fsp3) is 0.455. The molecule has 8 heteroatoms. The Kier molecular flexibility index (Phi) is 3.26. The number of hydrogen-bond acceptors (Lipinski definition) is 5. The van der Waals surface area contributed by atoms with Gasteiger partial charge in [-0.3, -0.25) is 4.57 Å². The Bertz CT molecular complexity index is 581. The molecule has 1 fully saturated rings. The van der Waals surface area contributed by atoms with E-state index in [0.717, 1.165) is 6.20 Å². The number of anilines is 1. The second kappa shape index (κ2) is 4.60. The quantitative estimate of drug-likeness (QED) is 0.723. The minimum absolute atomic E-state index is 0.0942. The molecule has 1 saturated heterocycles. The predicted octanol–water partition coefficient (Wildman–Crippen LogP) is -0.258. The molecule has 0 spiro atoms. The molecule has 0 bridgehead atoms. The topological polar surface area (TPSA) is 90.4 Å². The number of hydrogen-bond donors (Lipinski definition) is 2. The molecule has 0 aromatic carbocycles. The van der Waals surface area contributed by atoms with Crippen molar-refractivity contribution < 1.29 is 18.6 Å². The van der Waals surface area contributed by atoms with Crippen LogP contribution in [0, 0.1) is 12.3 Å². The summed E-state index contributed by atoms with van der Waals surface area (Å²) >= 11 is 0. The van der Waals surface area contributed by atoms with Gasteiger partial charge >= 0.3 is 11.6 Å². The van der Waals surface area contributed by atoms with Gasteiger partial charge in [0.25, 0.3) is 0 Å². The Hall–Kier alpha value is -1.98. The number of aliphatic hydroxyl groups is 1. The Morgan fingerprint density at radius 3 is 2.95 bits per heavy atom. The van der Waals surface area contributed by atoms with E-state index >= 15 is 0 Å². The zero-order chi connectivity index (χ0) is 14.2. The molecule has 3 N–H and O–H groups in total. The summed E-state index contributed by atoms with van der Waals surface area (Å²) in [7, 11) is 0.